The highest BCUT2D eigenvalue weighted by atomic mass is 16.3. The van der Waals surface area contributed by atoms with Gasteiger partial charge in [-0.05, 0) is 97.7 Å². The molecule has 1 nitrogen and oxygen atoms in total. The number of hydrogen-bond acceptors (Lipinski definition) is 1. The third kappa shape index (κ3) is 3.37. The first-order chi connectivity index (χ1) is 13.6. The highest BCUT2D eigenvalue weighted by Gasteiger charge is 2.61. The Hall–Kier alpha value is -0.300. The Kier molecular flexibility index (Phi) is 5.81. The average molecular weight is 401 g/mol. The quantitative estimate of drug-likeness (QED) is 0.465. The maximum absolute atomic E-state index is 10.3. The summed E-state index contributed by atoms with van der Waals surface area (Å²) in [7, 11) is 0. The molecule has 0 saturated heterocycles. The first-order valence-electron chi connectivity index (χ1n) is 13.0. The molecule has 4 aliphatic carbocycles. The van der Waals surface area contributed by atoms with Gasteiger partial charge in [0, 0.05) is 0 Å². The fourth-order valence-corrected chi connectivity index (χ4v) is 8.83. The van der Waals surface area contributed by atoms with Gasteiger partial charge in [0.25, 0.3) is 0 Å². The fourth-order valence-electron chi connectivity index (χ4n) is 8.83. The van der Waals surface area contributed by atoms with Gasteiger partial charge in [0.1, 0.15) is 0 Å². The Morgan fingerprint density at radius 1 is 0.897 bits per heavy atom. The number of rotatable bonds is 5. The SMILES string of the molecule is CC(C)CCC[C@@H](C)[C@H]1CC[C@@]2(C)C3=C(CC[C@]12C)[C@@]1(C)CC[C@H](O)CC1CC3. The smallest absolute Gasteiger partial charge is 0.0543 e. The predicted octanol–water partition coefficient (Wildman–Crippen LogP) is 7.92. The molecule has 0 aromatic heterocycles. The topological polar surface area (TPSA) is 20.2 Å². The third-order valence-corrected chi connectivity index (χ3v) is 11.0. The minimum absolute atomic E-state index is 0.0396. The van der Waals surface area contributed by atoms with Gasteiger partial charge in [-0.3, -0.25) is 0 Å². The van der Waals surface area contributed by atoms with Crippen LogP contribution in [0.1, 0.15) is 119 Å². The molecule has 0 spiro atoms. The highest BCUT2D eigenvalue weighted by Crippen LogP contribution is 2.71. The Morgan fingerprint density at radius 3 is 2.38 bits per heavy atom. The van der Waals surface area contributed by atoms with E-state index < -0.39 is 0 Å². The van der Waals surface area contributed by atoms with E-state index in [9.17, 15) is 5.11 Å². The normalized spacial score (nSPS) is 45.7. The maximum Gasteiger partial charge on any atom is 0.0543 e. The highest BCUT2D eigenvalue weighted by molar-refractivity contribution is 5.38. The second kappa shape index (κ2) is 7.68. The van der Waals surface area contributed by atoms with Crippen LogP contribution < -0.4 is 0 Å². The molecule has 1 unspecified atom stereocenters. The van der Waals surface area contributed by atoms with Crippen molar-refractivity contribution in [2.45, 2.75) is 125 Å². The van der Waals surface area contributed by atoms with Crippen molar-refractivity contribution in [1.29, 1.82) is 0 Å². The Labute approximate surface area is 181 Å². The van der Waals surface area contributed by atoms with Crippen molar-refractivity contribution in [1.82, 2.24) is 0 Å². The minimum atomic E-state index is -0.0396. The molecule has 2 fully saturated rings. The average Bonchev–Trinajstić information content (AvgIpc) is 2.93. The molecule has 4 rings (SSSR count). The molecule has 0 aliphatic heterocycles. The molecule has 29 heavy (non-hydrogen) atoms. The van der Waals surface area contributed by atoms with Crippen LogP contribution >= 0.6 is 0 Å². The third-order valence-electron chi connectivity index (χ3n) is 11.0. The molecule has 1 N–H and O–H groups in total. The van der Waals surface area contributed by atoms with Crippen molar-refractivity contribution in [2.24, 2.45) is 39.9 Å². The lowest BCUT2D eigenvalue weighted by Crippen LogP contribution is -2.49. The summed E-state index contributed by atoms with van der Waals surface area (Å²) >= 11 is 0. The molecular weight excluding hydrogens is 352 g/mol. The van der Waals surface area contributed by atoms with Gasteiger partial charge in [0.15, 0.2) is 0 Å². The van der Waals surface area contributed by atoms with Crippen LogP contribution in [0.15, 0.2) is 11.1 Å². The van der Waals surface area contributed by atoms with E-state index in [0.29, 0.717) is 16.2 Å². The molecule has 0 amide bonds. The molecule has 7 atom stereocenters. The van der Waals surface area contributed by atoms with E-state index in [1.807, 2.05) is 11.1 Å². The molecule has 0 aromatic rings. The summed E-state index contributed by atoms with van der Waals surface area (Å²) in [5, 5.41) is 10.3. The van der Waals surface area contributed by atoms with Crippen LogP contribution in [-0.2, 0) is 0 Å². The van der Waals surface area contributed by atoms with Crippen molar-refractivity contribution in [2.75, 3.05) is 0 Å². The van der Waals surface area contributed by atoms with Gasteiger partial charge in [-0.1, -0.05) is 72.0 Å². The lowest BCUT2D eigenvalue weighted by atomic mass is 9.46. The van der Waals surface area contributed by atoms with Crippen LogP contribution in [0.25, 0.3) is 0 Å². The number of hydrogen-bond donors (Lipinski definition) is 1. The molecule has 1 heteroatoms. The van der Waals surface area contributed by atoms with Gasteiger partial charge in [-0.25, -0.2) is 0 Å². The molecule has 0 radical (unpaired) electrons. The van der Waals surface area contributed by atoms with E-state index in [-0.39, 0.29) is 6.10 Å². The second-order valence-corrected chi connectivity index (χ2v) is 12.7. The van der Waals surface area contributed by atoms with Crippen molar-refractivity contribution in [3.8, 4) is 0 Å². The first kappa shape index (κ1) is 21.9. The molecule has 0 heterocycles. The van der Waals surface area contributed by atoms with Gasteiger partial charge in [-0.2, -0.15) is 0 Å². The Morgan fingerprint density at radius 2 is 1.66 bits per heavy atom. The molecule has 0 aromatic carbocycles. The van der Waals surface area contributed by atoms with Gasteiger partial charge in [-0.15, -0.1) is 0 Å². The number of fused-ring (bicyclic) bond motifs is 4. The minimum Gasteiger partial charge on any atom is -0.393 e. The molecule has 0 bridgehead atoms. The summed E-state index contributed by atoms with van der Waals surface area (Å²) in [5.41, 5.74) is 5.09. The van der Waals surface area contributed by atoms with Crippen molar-refractivity contribution < 1.29 is 5.11 Å². The zero-order valence-corrected chi connectivity index (χ0v) is 20.3. The lowest BCUT2D eigenvalue weighted by Gasteiger charge is -2.59. The maximum atomic E-state index is 10.3. The zero-order valence-electron chi connectivity index (χ0n) is 20.3. The van der Waals surface area contributed by atoms with Crippen LogP contribution in [0.3, 0.4) is 0 Å². The largest absolute Gasteiger partial charge is 0.393 e. The molecule has 4 aliphatic rings. The van der Waals surface area contributed by atoms with E-state index in [4.69, 9.17) is 0 Å². The van der Waals surface area contributed by atoms with E-state index >= 15 is 0 Å². The summed E-state index contributed by atoms with van der Waals surface area (Å²) in [6.45, 7) is 15.2. The number of aliphatic hydroxyl groups is 1. The van der Waals surface area contributed by atoms with Crippen molar-refractivity contribution in [3.05, 3.63) is 11.1 Å². The monoisotopic (exact) mass is 400 g/mol. The lowest BCUT2D eigenvalue weighted by molar-refractivity contribution is -0.00504. The molecule has 166 valence electrons. The summed E-state index contributed by atoms with van der Waals surface area (Å²) in [5.74, 6) is 3.36. The van der Waals surface area contributed by atoms with Crippen LogP contribution in [0.2, 0.25) is 0 Å². The van der Waals surface area contributed by atoms with Crippen LogP contribution in [0.4, 0.5) is 0 Å². The van der Waals surface area contributed by atoms with Gasteiger partial charge < -0.3 is 5.11 Å². The van der Waals surface area contributed by atoms with E-state index in [2.05, 4.69) is 41.5 Å². The summed E-state index contributed by atoms with van der Waals surface area (Å²) in [6, 6.07) is 0. The molecular formula is C28H48O. The first-order valence-corrected chi connectivity index (χ1v) is 13.0. The van der Waals surface area contributed by atoms with Crippen LogP contribution in [0.5, 0.6) is 0 Å². The van der Waals surface area contributed by atoms with E-state index in [0.717, 1.165) is 36.5 Å². The van der Waals surface area contributed by atoms with Crippen molar-refractivity contribution >= 4 is 0 Å². The molecule has 2 saturated carbocycles. The van der Waals surface area contributed by atoms with Crippen LogP contribution in [0, 0.1) is 39.9 Å². The Balaban J connectivity index is 1.59. The Bertz CT molecular complexity index is 647. The van der Waals surface area contributed by atoms with E-state index in [1.54, 1.807) is 0 Å². The zero-order chi connectivity index (χ0) is 21.0. The standard InChI is InChI=1S/C28H48O/c1-19(2)8-7-9-20(3)23-13-16-28(6)25-11-10-21-18-22(29)12-15-26(21,4)24(25)14-17-27(23,28)5/h19-23,29H,7-18H2,1-6H3/t20-,21?,22+,23-,26+,27-,28+/m1/s1. The summed E-state index contributed by atoms with van der Waals surface area (Å²) < 4.78 is 0. The van der Waals surface area contributed by atoms with Gasteiger partial charge in [0.05, 0.1) is 6.10 Å². The summed E-state index contributed by atoms with van der Waals surface area (Å²) in [6.07, 6.45) is 15.8. The van der Waals surface area contributed by atoms with Gasteiger partial charge in [0.2, 0.25) is 0 Å². The van der Waals surface area contributed by atoms with Crippen molar-refractivity contribution in [3.63, 3.8) is 0 Å². The van der Waals surface area contributed by atoms with Crippen LogP contribution in [-0.4, -0.2) is 11.2 Å². The number of allylic oxidation sites excluding steroid dienone is 2. The number of aliphatic hydroxyl groups excluding tert-OH is 1. The fraction of sp³-hybridized carbons (Fsp3) is 0.929. The second-order valence-electron chi connectivity index (χ2n) is 12.7. The van der Waals surface area contributed by atoms with E-state index in [1.165, 1.54) is 64.2 Å². The van der Waals surface area contributed by atoms with Gasteiger partial charge >= 0.3 is 0 Å². The predicted molar refractivity (Wildman–Crippen MR) is 124 cm³/mol. The summed E-state index contributed by atoms with van der Waals surface area (Å²) in [4.78, 5) is 0.